The summed E-state index contributed by atoms with van der Waals surface area (Å²) in [6.45, 7) is 1.83. The van der Waals surface area contributed by atoms with Gasteiger partial charge in [0.15, 0.2) is 6.23 Å². The molecule has 0 radical (unpaired) electrons. The van der Waals surface area contributed by atoms with Crippen LogP contribution in [0.5, 0.6) is 0 Å². The number of nitrogens with one attached hydrogen (secondary N) is 4. The number of rotatable bonds is 5. The van der Waals surface area contributed by atoms with Crippen LogP contribution in [0.3, 0.4) is 0 Å². The second-order valence-electron chi connectivity index (χ2n) is 5.97. The molecule has 1 saturated heterocycles. The Morgan fingerprint density at radius 3 is 2.92 bits per heavy atom. The van der Waals surface area contributed by atoms with Gasteiger partial charge < -0.3 is 35.9 Å². The molecule has 6 N–H and O–H groups in total. The molecule has 0 spiro atoms. The van der Waals surface area contributed by atoms with Crippen LogP contribution in [0.1, 0.15) is 6.92 Å². The van der Waals surface area contributed by atoms with Crippen LogP contribution in [0.15, 0.2) is 18.6 Å². The number of carbonyl (C=O) groups excluding carboxylic acids is 1. The van der Waals surface area contributed by atoms with Gasteiger partial charge in [-0.25, -0.2) is 9.97 Å². The molecule has 10 nitrogen and oxygen atoms in total. The molecule has 0 bridgehead atoms. The molecule has 5 atom stereocenters. The maximum atomic E-state index is 11.7. The van der Waals surface area contributed by atoms with Crippen molar-refractivity contribution in [3.8, 4) is 0 Å². The van der Waals surface area contributed by atoms with Crippen LogP contribution in [0.4, 0.5) is 5.82 Å². The normalized spacial score (nSPS) is 29.5. The molecule has 1 aliphatic heterocycles. The molecule has 3 rings (SSSR count). The number of hydrogen-bond acceptors (Lipinski definition) is 8. The highest BCUT2D eigenvalue weighted by Gasteiger charge is 2.43. The molecule has 136 valence electrons. The largest absolute Gasteiger partial charge is 0.388 e. The number of nitrogens with zero attached hydrogens (tertiary/aromatic N) is 2. The number of aromatic amines is 1. The number of amides is 1. The molecule has 1 amide bonds. The Bertz CT molecular complexity index is 738. The standard InChI is InChI=1S/C15H22N6O4/c1-7-10(20-9(22)5-16-2)11(23)12(24)15(25-7)21-14-8-3-4-17-13(8)18-6-19-14/h3-4,6-7,10-12,15-16,23-24H,5H2,1-2H3,(H,20,22)(H2,17,18,19,21)/t7-,10-,11+,12+,15-/m0/s1. The summed E-state index contributed by atoms with van der Waals surface area (Å²) in [4.78, 5) is 23.0. The lowest BCUT2D eigenvalue weighted by Crippen LogP contribution is -2.64. The molecular weight excluding hydrogens is 328 g/mol. The Labute approximate surface area is 144 Å². The maximum absolute atomic E-state index is 11.7. The molecule has 2 aromatic heterocycles. The molecule has 3 heterocycles. The van der Waals surface area contributed by atoms with E-state index in [4.69, 9.17) is 4.74 Å². The number of likely N-dealkylation sites (N-methyl/N-ethyl adjacent to an activating group) is 1. The number of H-pyrrole nitrogens is 1. The van der Waals surface area contributed by atoms with Crippen molar-refractivity contribution in [2.24, 2.45) is 0 Å². The molecular formula is C15H22N6O4. The minimum absolute atomic E-state index is 0.111. The molecule has 0 aromatic carbocycles. The van der Waals surface area contributed by atoms with E-state index in [1.54, 1.807) is 26.2 Å². The SMILES string of the molecule is CNCC(=O)N[C@@H]1[C@@H](O)[C@@H](O)[C@@H](Nc2ncnc3[nH]ccc23)O[C@H]1C. The van der Waals surface area contributed by atoms with Gasteiger partial charge >= 0.3 is 0 Å². The Hall–Kier alpha value is -2.27. The van der Waals surface area contributed by atoms with Gasteiger partial charge in [0.25, 0.3) is 0 Å². The van der Waals surface area contributed by atoms with E-state index in [0.29, 0.717) is 11.5 Å². The number of aliphatic hydroxyl groups is 2. The first kappa shape index (κ1) is 17.5. The smallest absolute Gasteiger partial charge is 0.234 e. The van der Waals surface area contributed by atoms with Crippen LogP contribution < -0.4 is 16.0 Å². The summed E-state index contributed by atoms with van der Waals surface area (Å²) in [6, 6.07) is 1.08. The third-order valence-corrected chi connectivity index (χ3v) is 4.19. The first-order valence-corrected chi connectivity index (χ1v) is 8.01. The van der Waals surface area contributed by atoms with E-state index < -0.39 is 30.6 Å². The van der Waals surface area contributed by atoms with E-state index in [2.05, 4.69) is 30.9 Å². The minimum Gasteiger partial charge on any atom is -0.388 e. The summed E-state index contributed by atoms with van der Waals surface area (Å²) in [5.41, 5.74) is 0.647. The second-order valence-corrected chi connectivity index (χ2v) is 5.97. The Morgan fingerprint density at radius 1 is 1.36 bits per heavy atom. The van der Waals surface area contributed by atoms with Crippen molar-refractivity contribution < 1.29 is 19.7 Å². The van der Waals surface area contributed by atoms with Crippen molar-refractivity contribution in [1.29, 1.82) is 0 Å². The third kappa shape index (κ3) is 3.56. The minimum atomic E-state index is -1.25. The average Bonchev–Trinajstić information content (AvgIpc) is 3.06. The monoisotopic (exact) mass is 350 g/mol. The lowest BCUT2D eigenvalue weighted by molar-refractivity contribution is -0.172. The summed E-state index contributed by atoms with van der Waals surface area (Å²) in [5, 5.41) is 29.9. The van der Waals surface area contributed by atoms with E-state index in [1.807, 2.05) is 0 Å². The van der Waals surface area contributed by atoms with Crippen molar-refractivity contribution in [1.82, 2.24) is 25.6 Å². The van der Waals surface area contributed by atoms with E-state index in [1.165, 1.54) is 6.33 Å². The van der Waals surface area contributed by atoms with Gasteiger partial charge in [-0.05, 0) is 20.0 Å². The molecule has 2 aromatic rings. The first-order valence-electron chi connectivity index (χ1n) is 8.01. The fourth-order valence-corrected chi connectivity index (χ4v) is 2.91. The Kier molecular flexibility index (Phi) is 5.13. The van der Waals surface area contributed by atoms with Crippen LogP contribution in [0.25, 0.3) is 11.0 Å². The van der Waals surface area contributed by atoms with Crippen molar-refractivity contribution in [3.63, 3.8) is 0 Å². The van der Waals surface area contributed by atoms with Gasteiger partial charge in [0.05, 0.1) is 24.1 Å². The molecule has 25 heavy (non-hydrogen) atoms. The lowest BCUT2D eigenvalue weighted by atomic mass is 9.96. The Morgan fingerprint density at radius 2 is 2.16 bits per heavy atom. The highest BCUT2D eigenvalue weighted by Crippen LogP contribution is 2.25. The van der Waals surface area contributed by atoms with Crippen molar-refractivity contribution >= 4 is 22.8 Å². The van der Waals surface area contributed by atoms with Gasteiger partial charge in [0, 0.05) is 6.20 Å². The number of ether oxygens (including phenoxy) is 1. The Balaban J connectivity index is 1.72. The quantitative estimate of drug-likeness (QED) is 0.384. The number of hydrogen-bond donors (Lipinski definition) is 6. The van der Waals surface area contributed by atoms with Gasteiger partial charge in [-0.15, -0.1) is 0 Å². The maximum Gasteiger partial charge on any atom is 0.234 e. The summed E-state index contributed by atoms with van der Waals surface area (Å²) >= 11 is 0. The summed E-state index contributed by atoms with van der Waals surface area (Å²) in [7, 11) is 1.65. The zero-order valence-corrected chi connectivity index (χ0v) is 13.9. The summed E-state index contributed by atoms with van der Waals surface area (Å²) in [6.07, 6.45) is -0.717. The van der Waals surface area contributed by atoms with Crippen LogP contribution in [-0.4, -0.2) is 75.2 Å². The van der Waals surface area contributed by atoms with E-state index in [0.717, 1.165) is 5.39 Å². The zero-order chi connectivity index (χ0) is 18.0. The predicted molar refractivity (Wildman–Crippen MR) is 89.7 cm³/mol. The van der Waals surface area contributed by atoms with Crippen LogP contribution in [0.2, 0.25) is 0 Å². The van der Waals surface area contributed by atoms with E-state index in [9.17, 15) is 15.0 Å². The van der Waals surface area contributed by atoms with Gasteiger partial charge in [-0.2, -0.15) is 0 Å². The summed E-state index contributed by atoms with van der Waals surface area (Å²) < 4.78 is 5.76. The highest BCUT2D eigenvalue weighted by atomic mass is 16.5. The van der Waals surface area contributed by atoms with Crippen LogP contribution >= 0.6 is 0 Å². The number of fused-ring (bicyclic) bond motifs is 1. The molecule has 0 aliphatic carbocycles. The number of aromatic nitrogens is 3. The highest BCUT2D eigenvalue weighted by molar-refractivity contribution is 5.86. The lowest BCUT2D eigenvalue weighted by Gasteiger charge is -2.42. The number of carbonyl (C=O) groups is 1. The van der Waals surface area contributed by atoms with Gasteiger partial charge in [-0.1, -0.05) is 0 Å². The van der Waals surface area contributed by atoms with E-state index >= 15 is 0 Å². The average molecular weight is 350 g/mol. The number of aliphatic hydroxyl groups excluding tert-OH is 2. The van der Waals surface area contributed by atoms with Crippen molar-refractivity contribution in [2.75, 3.05) is 18.9 Å². The molecule has 0 unspecified atom stereocenters. The van der Waals surface area contributed by atoms with Crippen molar-refractivity contribution in [2.45, 2.75) is 37.5 Å². The second kappa shape index (κ2) is 7.31. The van der Waals surface area contributed by atoms with Gasteiger partial charge in [0.2, 0.25) is 5.91 Å². The third-order valence-electron chi connectivity index (χ3n) is 4.19. The van der Waals surface area contributed by atoms with Crippen LogP contribution in [0, 0.1) is 0 Å². The predicted octanol–water partition coefficient (Wildman–Crippen LogP) is -1.46. The zero-order valence-electron chi connectivity index (χ0n) is 13.9. The fourth-order valence-electron chi connectivity index (χ4n) is 2.91. The molecule has 1 aliphatic rings. The van der Waals surface area contributed by atoms with Gasteiger partial charge in [0.1, 0.15) is 30.0 Å². The van der Waals surface area contributed by atoms with Gasteiger partial charge in [-0.3, -0.25) is 4.79 Å². The molecule has 0 saturated carbocycles. The van der Waals surface area contributed by atoms with Crippen molar-refractivity contribution in [3.05, 3.63) is 18.6 Å². The number of anilines is 1. The summed E-state index contributed by atoms with van der Waals surface area (Å²) in [5.74, 6) is 0.192. The topological polar surface area (TPSA) is 144 Å². The fraction of sp³-hybridized carbons (Fsp3) is 0.533. The molecule has 10 heteroatoms. The molecule has 1 fully saturated rings. The first-order chi connectivity index (χ1) is 12.0. The van der Waals surface area contributed by atoms with E-state index in [-0.39, 0.29) is 12.5 Å². The van der Waals surface area contributed by atoms with Crippen LogP contribution in [-0.2, 0) is 9.53 Å².